The molecule has 1 N–H and O–H groups in total. The molecule has 0 spiro atoms. The first-order valence-corrected chi connectivity index (χ1v) is 12.8. The van der Waals surface area contributed by atoms with Crippen molar-refractivity contribution in [2.75, 3.05) is 15.9 Å². The van der Waals surface area contributed by atoms with Crippen LogP contribution >= 0.6 is 0 Å². The van der Waals surface area contributed by atoms with Crippen LogP contribution in [0.4, 0.5) is 11.4 Å². The SMILES string of the molecule is CC(C(=O)Nc1cccc(C(=O)c2ccc(C(C)(C)C)cc2)c1)N(c1ccccc1)S(C)(=O)=O. The first kappa shape index (κ1) is 25.2. The number of nitrogens with one attached hydrogen (secondary N) is 1. The van der Waals surface area contributed by atoms with E-state index in [0.717, 1.165) is 16.1 Å². The Morgan fingerprint density at radius 1 is 0.853 bits per heavy atom. The number of carbonyl (C=O) groups excluding carboxylic acids is 2. The molecule has 3 rings (SSSR count). The van der Waals surface area contributed by atoms with Gasteiger partial charge in [-0.05, 0) is 42.2 Å². The maximum atomic E-state index is 13.0. The summed E-state index contributed by atoms with van der Waals surface area (Å²) in [6.45, 7) is 7.86. The molecule has 7 heteroatoms. The number of nitrogens with zero attached hydrogens (tertiary/aromatic N) is 1. The van der Waals surface area contributed by atoms with Crippen LogP contribution in [-0.4, -0.2) is 32.4 Å². The molecule has 0 aromatic heterocycles. The third-order valence-corrected chi connectivity index (χ3v) is 6.75. The Labute approximate surface area is 201 Å². The zero-order chi connectivity index (χ0) is 25.1. The lowest BCUT2D eigenvalue weighted by Crippen LogP contribution is -2.45. The zero-order valence-electron chi connectivity index (χ0n) is 20.1. The molecule has 0 heterocycles. The Hall–Kier alpha value is -3.45. The molecular formula is C27H30N2O4S. The van der Waals surface area contributed by atoms with Gasteiger partial charge in [0.1, 0.15) is 6.04 Å². The average Bonchev–Trinajstić information content (AvgIpc) is 2.78. The smallest absolute Gasteiger partial charge is 0.247 e. The van der Waals surface area contributed by atoms with Crippen molar-refractivity contribution in [3.05, 3.63) is 95.6 Å². The van der Waals surface area contributed by atoms with Crippen molar-refractivity contribution >= 4 is 33.1 Å². The summed E-state index contributed by atoms with van der Waals surface area (Å²) < 4.78 is 25.9. The lowest BCUT2D eigenvalue weighted by molar-refractivity contribution is -0.116. The largest absolute Gasteiger partial charge is 0.324 e. The maximum absolute atomic E-state index is 13.0. The number of rotatable bonds is 7. The number of hydrogen-bond acceptors (Lipinski definition) is 4. The molecule has 0 saturated heterocycles. The van der Waals surface area contributed by atoms with Gasteiger partial charge in [0.05, 0.1) is 11.9 Å². The molecular weight excluding hydrogens is 448 g/mol. The summed E-state index contributed by atoms with van der Waals surface area (Å²) in [7, 11) is -3.71. The molecule has 1 amide bonds. The first-order chi connectivity index (χ1) is 15.9. The Balaban J connectivity index is 1.80. The quantitative estimate of drug-likeness (QED) is 0.484. The summed E-state index contributed by atoms with van der Waals surface area (Å²) in [6.07, 6.45) is 1.06. The van der Waals surface area contributed by atoms with Crippen LogP contribution in [0.5, 0.6) is 0 Å². The lowest BCUT2D eigenvalue weighted by atomic mass is 9.86. The van der Waals surface area contributed by atoms with E-state index in [0.29, 0.717) is 22.5 Å². The molecule has 34 heavy (non-hydrogen) atoms. The molecule has 0 aliphatic heterocycles. The van der Waals surface area contributed by atoms with Gasteiger partial charge >= 0.3 is 0 Å². The number of amides is 1. The molecule has 0 radical (unpaired) electrons. The Morgan fingerprint density at radius 3 is 2.03 bits per heavy atom. The highest BCUT2D eigenvalue weighted by Crippen LogP contribution is 2.24. The summed E-state index contributed by atoms with van der Waals surface area (Å²) in [5.74, 6) is -0.667. The van der Waals surface area contributed by atoms with Gasteiger partial charge in [-0.25, -0.2) is 8.42 Å². The molecule has 0 saturated carbocycles. The first-order valence-electron chi connectivity index (χ1n) is 11.0. The monoisotopic (exact) mass is 478 g/mol. The number of ketones is 1. The van der Waals surface area contributed by atoms with Crippen molar-refractivity contribution in [1.82, 2.24) is 0 Å². The highest BCUT2D eigenvalue weighted by atomic mass is 32.2. The number of sulfonamides is 1. The van der Waals surface area contributed by atoms with Crippen LogP contribution in [0.3, 0.4) is 0 Å². The Bertz CT molecular complexity index is 1280. The standard InChI is InChI=1S/C27H30N2O4S/c1-19(29(34(5,32)33)24-12-7-6-8-13-24)26(31)28-23-11-9-10-21(18-23)25(30)20-14-16-22(17-15-20)27(2,3)4/h6-19H,1-5H3,(H,28,31). The second kappa shape index (κ2) is 9.81. The lowest BCUT2D eigenvalue weighted by Gasteiger charge is -2.28. The predicted molar refractivity (Wildman–Crippen MR) is 137 cm³/mol. The summed E-state index contributed by atoms with van der Waals surface area (Å²) in [6, 6.07) is 21.6. The fourth-order valence-corrected chi connectivity index (χ4v) is 4.83. The Morgan fingerprint density at radius 2 is 1.47 bits per heavy atom. The zero-order valence-corrected chi connectivity index (χ0v) is 20.9. The summed E-state index contributed by atoms with van der Waals surface area (Å²) in [5.41, 5.74) is 2.91. The number of anilines is 2. The van der Waals surface area contributed by atoms with Crippen LogP contribution in [0, 0.1) is 0 Å². The number of hydrogen-bond donors (Lipinski definition) is 1. The molecule has 1 atom stereocenters. The van der Waals surface area contributed by atoms with Gasteiger partial charge in [-0.15, -0.1) is 0 Å². The van der Waals surface area contributed by atoms with Crippen LogP contribution in [0.25, 0.3) is 0 Å². The third kappa shape index (κ3) is 5.91. The van der Waals surface area contributed by atoms with Gasteiger partial charge in [0, 0.05) is 16.8 Å². The average molecular weight is 479 g/mol. The van der Waals surface area contributed by atoms with E-state index in [4.69, 9.17) is 0 Å². The summed E-state index contributed by atoms with van der Waals surface area (Å²) in [4.78, 5) is 26.0. The van der Waals surface area contributed by atoms with Crippen molar-refractivity contribution < 1.29 is 18.0 Å². The van der Waals surface area contributed by atoms with Crippen molar-refractivity contribution in [1.29, 1.82) is 0 Å². The minimum atomic E-state index is -3.71. The van der Waals surface area contributed by atoms with E-state index in [9.17, 15) is 18.0 Å². The van der Waals surface area contributed by atoms with Crippen LogP contribution in [0.15, 0.2) is 78.9 Å². The second-order valence-corrected chi connectivity index (χ2v) is 11.2. The summed E-state index contributed by atoms with van der Waals surface area (Å²) >= 11 is 0. The molecule has 0 aliphatic carbocycles. The van der Waals surface area contributed by atoms with Gasteiger partial charge in [-0.1, -0.05) is 75.4 Å². The van der Waals surface area contributed by atoms with E-state index < -0.39 is 22.0 Å². The van der Waals surface area contributed by atoms with Crippen molar-refractivity contribution in [2.45, 2.75) is 39.2 Å². The molecule has 6 nitrogen and oxygen atoms in total. The predicted octanol–water partition coefficient (Wildman–Crippen LogP) is 5.01. The molecule has 0 fully saturated rings. The molecule has 0 bridgehead atoms. The van der Waals surface area contributed by atoms with Crippen LogP contribution in [0.1, 0.15) is 49.2 Å². The van der Waals surface area contributed by atoms with Crippen LogP contribution in [0.2, 0.25) is 0 Å². The summed E-state index contributed by atoms with van der Waals surface area (Å²) in [5, 5.41) is 2.74. The molecule has 3 aromatic rings. The molecule has 1 unspecified atom stereocenters. The van der Waals surface area contributed by atoms with Gasteiger partial charge in [0.25, 0.3) is 0 Å². The normalized spacial score (nSPS) is 12.6. The van der Waals surface area contributed by atoms with E-state index in [2.05, 4.69) is 26.1 Å². The minimum absolute atomic E-state index is 0.0118. The van der Waals surface area contributed by atoms with Crippen molar-refractivity contribution in [3.63, 3.8) is 0 Å². The van der Waals surface area contributed by atoms with Crippen molar-refractivity contribution in [2.24, 2.45) is 0 Å². The third-order valence-electron chi connectivity index (χ3n) is 5.50. The number of carbonyl (C=O) groups is 2. The van der Waals surface area contributed by atoms with Gasteiger partial charge in [0.2, 0.25) is 15.9 Å². The van der Waals surface area contributed by atoms with E-state index in [1.54, 1.807) is 66.7 Å². The van der Waals surface area contributed by atoms with Crippen molar-refractivity contribution in [3.8, 4) is 0 Å². The van der Waals surface area contributed by atoms with Gasteiger partial charge in [0.15, 0.2) is 5.78 Å². The fourth-order valence-electron chi connectivity index (χ4n) is 3.66. The highest BCUT2D eigenvalue weighted by molar-refractivity contribution is 7.92. The maximum Gasteiger partial charge on any atom is 0.247 e. The molecule has 3 aromatic carbocycles. The Kier molecular flexibility index (Phi) is 7.26. The molecule has 178 valence electrons. The number of benzene rings is 3. The van der Waals surface area contributed by atoms with Crippen LogP contribution in [-0.2, 0) is 20.2 Å². The minimum Gasteiger partial charge on any atom is -0.324 e. The highest BCUT2D eigenvalue weighted by Gasteiger charge is 2.29. The molecule has 0 aliphatic rings. The van der Waals surface area contributed by atoms with Crippen LogP contribution < -0.4 is 9.62 Å². The van der Waals surface area contributed by atoms with E-state index in [-0.39, 0.29) is 11.2 Å². The topological polar surface area (TPSA) is 83.6 Å². The van der Waals surface area contributed by atoms with Gasteiger partial charge in [-0.3, -0.25) is 13.9 Å². The fraction of sp³-hybridized carbons (Fsp3) is 0.259. The van der Waals surface area contributed by atoms with Gasteiger partial charge < -0.3 is 5.32 Å². The van der Waals surface area contributed by atoms with E-state index >= 15 is 0 Å². The van der Waals surface area contributed by atoms with Gasteiger partial charge in [-0.2, -0.15) is 0 Å². The van der Waals surface area contributed by atoms with E-state index in [1.165, 1.54) is 6.92 Å². The second-order valence-electron chi connectivity index (χ2n) is 9.30. The number of para-hydroxylation sites is 1. The van der Waals surface area contributed by atoms with E-state index in [1.807, 2.05) is 12.1 Å².